The van der Waals surface area contributed by atoms with Crippen molar-refractivity contribution in [2.45, 2.75) is 23.8 Å². The van der Waals surface area contributed by atoms with Gasteiger partial charge >= 0.3 is 0 Å². The highest BCUT2D eigenvalue weighted by Crippen LogP contribution is 2.24. The first-order valence-corrected chi connectivity index (χ1v) is 7.61. The zero-order valence-corrected chi connectivity index (χ0v) is 11.6. The Morgan fingerprint density at radius 1 is 1.42 bits per heavy atom. The summed E-state index contributed by atoms with van der Waals surface area (Å²) in [5.74, 6) is -0.318. The van der Waals surface area contributed by atoms with Crippen LogP contribution in [-0.4, -0.2) is 26.9 Å². The first-order chi connectivity index (χ1) is 8.90. The predicted octanol–water partition coefficient (Wildman–Crippen LogP) is 0.479. The summed E-state index contributed by atoms with van der Waals surface area (Å²) >= 11 is 5.87. The summed E-state index contributed by atoms with van der Waals surface area (Å²) in [5, 5.41) is 2.64. The summed E-state index contributed by atoms with van der Waals surface area (Å²) < 4.78 is 26.7. The molecule has 1 aliphatic rings. The van der Waals surface area contributed by atoms with Gasteiger partial charge in [-0.3, -0.25) is 4.79 Å². The van der Waals surface area contributed by atoms with Crippen molar-refractivity contribution in [3.63, 3.8) is 0 Å². The molecule has 0 spiro atoms. The number of carbonyl (C=O) groups is 1. The van der Waals surface area contributed by atoms with Crippen molar-refractivity contribution in [2.24, 2.45) is 0 Å². The third-order valence-corrected chi connectivity index (χ3v) is 4.78. The normalized spacial score (nSPS) is 20.1. The first-order valence-electron chi connectivity index (χ1n) is 5.75. The lowest BCUT2D eigenvalue weighted by Gasteiger charge is -2.22. The predicted molar refractivity (Wildman–Crippen MR) is 72.2 cm³/mol. The topological polar surface area (TPSA) is 101 Å². The summed E-state index contributed by atoms with van der Waals surface area (Å²) in [6.07, 6.45) is 1.20. The fourth-order valence-electron chi connectivity index (χ4n) is 1.87. The van der Waals surface area contributed by atoms with Gasteiger partial charge in [-0.15, -0.1) is 0 Å². The van der Waals surface area contributed by atoms with E-state index in [1.54, 1.807) is 0 Å². The molecule has 2 rings (SSSR count). The summed E-state index contributed by atoms with van der Waals surface area (Å²) in [7, 11) is -3.84. The minimum absolute atomic E-state index is 0.0312. The monoisotopic (exact) mass is 303 g/mol. The van der Waals surface area contributed by atoms with Crippen LogP contribution in [0.4, 0.5) is 5.69 Å². The highest BCUT2D eigenvalue weighted by molar-refractivity contribution is 7.89. The highest BCUT2D eigenvalue weighted by Gasteiger charge is 2.28. The van der Waals surface area contributed by atoms with Gasteiger partial charge in [0.05, 0.1) is 5.02 Å². The fourth-order valence-corrected chi connectivity index (χ4v) is 3.65. The second-order valence-corrected chi connectivity index (χ2v) is 6.39. The summed E-state index contributed by atoms with van der Waals surface area (Å²) in [6, 6.07) is 3.37. The number of amides is 1. The van der Waals surface area contributed by atoms with Crippen molar-refractivity contribution in [2.75, 3.05) is 12.3 Å². The Bertz CT molecular complexity index is 603. The van der Waals surface area contributed by atoms with E-state index < -0.39 is 16.1 Å². The molecule has 0 bridgehead atoms. The largest absolute Gasteiger partial charge is 0.399 e. The van der Waals surface area contributed by atoms with E-state index in [2.05, 4.69) is 10.0 Å². The SMILES string of the molecule is Nc1ccc(S(=O)(=O)NC2CCCNC2=O)c(Cl)c1. The molecule has 4 N–H and O–H groups in total. The lowest BCUT2D eigenvalue weighted by molar-refractivity contribution is -0.124. The minimum atomic E-state index is -3.84. The number of nitrogens with one attached hydrogen (secondary N) is 2. The van der Waals surface area contributed by atoms with Crippen molar-refractivity contribution in [1.82, 2.24) is 10.0 Å². The maximum absolute atomic E-state index is 12.2. The van der Waals surface area contributed by atoms with E-state index in [4.69, 9.17) is 17.3 Å². The molecule has 1 atom stereocenters. The molecule has 1 amide bonds. The molecular formula is C11H14ClN3O3S. The summed E-state index contributed by atoms with van der Waals surface area (Å²) in [6.45, 7) is 0.569. The number of rotatable bonds is 3. The first kappa shape index (κ1) is 14.1. The van der Waals surface area contributed by atoms with Crippen LogP contribution in [0.25, 0.3) is 0 Å². The number of nitrogens with two attached hydrogens (primary N) is 1. The average molecular weight is 304 g/mol. The molecule has 0 radical (unpaired) electrons. The molecule has 8 heteroatoms. The number of benzene rings is 1. The van der Waals surface area contributed by atoms with Gasteiger partial charge in [-0.2, -0.15) is 4.72 Å². The molecule has 1 aromatic carbocycles. The molecule has 1 heterocycles. The van der Waals surface area contributed by atoms with E-state index >= 15 is 0 Å². The van der Waals surface area contributed by atoms with Crippen molar-refractivity contribution in [1.29, 1.82) is 0 Å². The number of hydrogen-bond acceptors (Lipinski definition) is 4. The second-order valence-electron chi connectivity index (χ2n) is 4.30. The molecule has 1 aliphatic heterocycles. The van der Waals surface area contributed by atoms with Gasteiger partial charge in [0.25, 0.3) is 0 Å². The van der Waals surface area contributed by atoms with E-state index in [1.807, 2.05) is 0 Å². The van der Waals surface area contributed by atoms with Gasteiger partial charge in [0, 0.05) is 12.2 Å². The highest BCUT2D eigenvalue weighted by atomic mass is 35.5. The smallest absolute Gasteiger partial charge is 0.242 e. The molecular weight excluding hydrogens is 290 g/mol. The number of anilines is 1. The van der Waals surface area contributed by atoms with E-state index in [0.717, 1.165) is 6.42 Å². The van der Waals surface area contributed by atoms with Crippen LogP contribution in [0.1, 0.15) is 12.8 Å². The third-order valence-electron chi connectivity index (χ3n) is 2.83. The Morgan fingerprint density at radius 2 is 2.16 bits per heavy atom. The molecule has 19 heavy (non-hydrogen) atoms. The standard InChI is InChI=1S/C11H14ClN3O3S/c12-8-6-7(13)3-4-10(8)19(17,18)15-9-2-1-5-14-11(9)16/h3-4,6,9,15H,1-2,5,13H2,(H,14,16). The number of carbonyl (C=O) groups excluding carboxylic acids is 1. The van der Waals surface area contributed by atoms with Gasteiger partial charge in [0.1, 0.15) is 10.9 Å². The van der Waals surface area contributed by atoms with Crippen LogP contribution >= 0.6 is 11.6 Å². The average Bonchev–Trinajstić information content (AvgIpc) is 2.31. The van der Waals surface area contributed by atoms with Crippen LogP contribution in [0.15, 0.2) is 23.1 Å². The van der Waals surface area contributed by atoms with Crippen LogP contribution in [0.5, 0.6) is 0 Å². The van der Waals surface area contributed by atoms with Crippen molar-refractivity contribution in [3.05, 3.63) is 23.2 Å². The molecule has 0 saturated carbocycles. The van der Waals surface area contributed by atoms with Crippen molar-refractivity contribution in [3.8, 4) is 0 Å². The number of sulfonamides is 1. The third kappa shape index (κ3) is 3.17. The van der Waals surface area contributed by atoms with E-state index in [9.17, 15) is 13.2 Å². The maximum Gasteiger partial charge on any atom is 0.242 e. The Morgan fingerprint density at radius 3 is 2.79 bits per heavy atom. The van der Waals surface area contributed by atoms with Crippen LogP contribution in [-0.2, 0) is 14.8 Å². The molecule has 104 valence electrons. The number of halogens is 1. The second kappa shape index (κ2) is 5.36. The van der Waals surface area contributed by atoms with Crippen LogP contribution in [0, 0.1) is 0 Å². The maximum atomic E-state index is 12.2. The van der Waals surface area contributed by atoms with Gasteiger partial charge in [-0.05, 0) is 31.0 Å². The Kier molecular flexibility index (Phi) is 3.98. The van der Waals surface area contributed by atoms with Gasteiger partial charge in [0.2, 0.25) is 15.9 Å². The molecule has 0 aromatic heterocycles. The summed E-state index contributed by atoms with van der Waals surface area (Å²) in [4.78, 5) is 11.5. The Balaban J connectivity index is 2.24. The van der Waals surface area contributed by atoms with Gasteiger partial charge in [0.15, 0.2) is 0 Å². The fraction of sp³-hybridized carbons (Fsp3) is 0.364. The van der Waals surface area contributed by atoms with Crippen LogP contribution in [0.2, 0.25) is 5.02 Å². The van der Waals surface area contributed by atoms with Crippen molar-refractivity contribution >= 4 is 33.2 Å². The molecule has 1 saturated heterocycles. The lowest BCUT2D eigenvalue weighted by atomic mass is 10.1. The zero-order valence-electron chi connectivity index (χ0n) is 10.0. The molecule has 0 aliphatic carbocycles. The lowest BCUT2D eigenvalue weighted by Crippen LogP contribution is -2.50. The minimum Gasteiger partial charge on any atom is -0.399 e. The van der Waals surface area contributed by atoms with Gasteiger partial charge in [-0.25, -0.2) is 8.42 Å². The Hall–Kier alpha value is -1.31. The van der Waals surface area contributed by atoms with Gasteiger partial charge in [-0.1, -0.05) is 11.6 Å². The van der Waals surface area contributed by atoms with E-state index in [1.165, 1.54) is 18.2 Å². The van der Waals surface area contributed by atoms with Crippen molar-refractivity contribution < 1.29 is 13.2 Å². The van der Waals surface area contributed by atoms with E-state index in [-0.39, 0.29) is 15.8 Å². The van der Waals surface area contributed by atoms with Gasteiger partial charge < -0.3 is 11.1 Å². The zero-order chi connectivity index (χ0) is 14.0. The number of piperidine rings is 1. The number of nitrogen functional groups attached to an aromatic ring is 1. The van der Waals surface area contributed by atoms with Crippen LogP contribution in [0.3, 0.4) is 0 Å². The molecule has 1 aromatic rings. The molecule has 1 fully saturated rings. The quantitative estimate of drug-likeness (QED) is 0.707. The molecule has 6 nitrogen and oxygen atoms in total. The van der Waals surface area contributed by atoms with E-state index in [0.29, 0.717) is 18.7 Å². The Labute approximate surface area is 116 Å². The van der Waals surface area contributed by atoms with Crippen LogP contribution < -0.4 is 15.8 Å². The number of hydrogen-bond donors (Lipinski definition) is 3. The summed E-state index contributed by atoms with van der Waals surface area (Å²) in [5.41, 5.74) is 5.89. The molecule has 1 unspecified atom stereocenters.